The molecule has 156 valence electrons. The van der Waals surface area contributed by atoms with Gasteiger partial charge in [0, 0.05) is 10.9 Å². The van der Waals surface area contributed by atoms with Crippen LogP contribution in [0.3, 0.4) is 0 Å². The van der Waals surface area contributed by atoms with E-state index in [0.29, 0.717) is 28.5 Å². The summed E-state index contributed by atoms with van der Waals surface area (Å²) in [5, 5.41) is 17.2. The van der Waals surface area contributed by atoms with Crippen LogP contribution in [0.2, 0.25) is 0 Å². The van der Waals surface area contributed by atoms with Crippen LogP contribution in [0.5, 0.6) is 11.5 Å². The lowest BCUT2D eigenvalue weighted by molar-refractivity contribution is -0.402. The van der Waals surface area contributed by atoms with Gasteiger partial charge in [-0.1, -0.05) is 12.2 Å². The molecule has 0 amide bonds. The van der Waals surface area contributed by atoms with Gasteiger partial charge in [-0.3, -0.25) is 15.1 Å². The minimum Gasteiger partial charge on any atom is -0.497 e. The van der Waals surface area contributed by atoms with Gasteiger partial charge in [0.05, 0.1) is 38.7 Å². The van der Waals surface area contributed by atoms with Crippen molar-refractivity contribution in [1.29, 1.82) is 0 Å². The molecule has 0 saturated carbocycles. The van der Waals surface area contributed by atoms with E-state index in [0.717, 1.165) is 11.1 Å². The van der Waals surface area contributed by atoms with Crippen LogP contribution in [0.1, 0.15) is 12.7 Å². The Kier molecular flexibility index (Phi) is 6.48. The van der Waals surface area contributed by atoms with E-state index >= 15 is 0 Å². The van der Waals surface area contributed by atoms with E-state index in [9.17, 15) is 10.1 Å². The first-order valence-corrected chi connectivity index (χ1v) is 9.67. The standard InChI is InChI=1S/C20H20N4O5S/c1-13(2)10-21-20-23(22-11-15-6-8-19(29-15)24(25)26)17(12-30-20)16-9-14(27-3)5-7-18(16)28-4/h5-9,11-12H,1,10H2,2-4H3. The van der Waals surface area contributed by atoms with Crippen molar-refractivity contribution in [2.75, 3.05) is 20.8 Å². The molecule has 3 rings (SSSR count). The van der Waals surface area contributed by atoms with Crippen LogP contribution in [0.4, 0.5) is 5.88 Å². The van der Waals surface area contributed by atoms with Crippen LogP contribution in [-0.2, 0) is 0 Å². The SMILES string of the molecule is C=C(C)CN=c1scc(-c2cc(OC)ccc2OC)n1N=Cc1ccc([N+](=O)[O-])o1. The number of methoxy groups -OCH3 is 2. The van der Waals surface area contributed by atoms with Crippen molar-refractivity contribution >= 4 is 23.4 Å². The first-order valence-electron chi connectivity index (χ1n) is 8.79. The number of aromatic nitrogens is 1. The number of benzene rings is 1. The number of hydrogen-bond donors (Lipinski definition) is 0. The van der Waals surface area contributed by atoms with E-state index < -0.39 is 4.92 Å². The molecule has 0 aliphatic heterocycles. The molecule has 0 unspecified atom stereocenters. The lowest BCUT2D eigenvalue weighted by Gasteiger charge is -2.11. The molecule has 30 heavy (non-hydrogen) atoms. The molecule has 0 spiro atoms. The van der Waals surface area contributed by atoms with Crippen LogP contribution < -0.4 is 14.3 Å². The van der Waals surface area contributed by atoms with E-state index in [1.807, 2.05) is 18.4 Å². The van der Waals surface area contributed by atoms with Crippen molar-refractivity contribution in [1.82, 2.24) is 4.68 Å². The molecule has 0 N–H and O–H groups in total. The molecule has 0 aliphatic carbocycles. The third-order valence-electron chi connectivity index (χ3n) is 3.95. The van der Waals surface area contributed by atoms with E-state index in [-0.39, 0.29) is 11.6 Å². The molecular formula is C20H20N4O5S. The summed E-state index contributed by atoms with van der Waals surface area (Å²) >= 11 is 1.40. The van der Waals surface area contributed by atoms with Gasteiger partial charge in [-0.15, -0.1) is 11.3 Å². The fourth-order valence-electron chi connectivity index (χ4n) is 2.55. The predicted octanol–water partition coefficient (Wildman–Crippen LogP) is 4.09. The van der Waals surface area contributed by atoms with Crippen LogP contribution in [0, 0.1) is 10.1 Å². The lowest BCUT2D eigenvalue weighted by atomic mass is 10.1. The minimum atomic E-state index is -0.602. The smallest absolute Gasteiger partial charge is 0.433 e. The molecule has 10 heteroatoms. The maximum Gasteiger partial charge on any atom is 0.433 e. The molecule has 3 aromatic rings. The zero-order chi connectivity index (χ0) is 21.7. The first kappa shape index (κ1) is 21.1. The molecule has 0 bridgehead atoms. The van der Waals surface area contributed by atoms with E-state index in [1.165, 1.54) is 29.7 Å². The summed E-state index contributed by atoms with van der Waals surface area (Å²) in [6.07, 6.45) is 1.40. The van der Waals surface area contributed by atoms with Crippen LogP contribution >= 0.6 is 11.3 Å². The first-order chi connectivity index (χ1) is 14.4. The minimum absolute atomic E-state index is 0.245. The zero-order valence-electron chi connectivity index (χ0n) is 16.7. The molecule has 0 radical (unpaired) electrons. The Bertz CT molecular complexity index is 1170. The number of hydrogen-bond acceptors (Lipinski definition) is 8. The zero-order valence-corrected chi connectivity index (χ0v) is 17.5. The number of ether oxygens (including phenoxy) is 2. The van der Waals surface area contributed by atoms with Crippen molar-refractivity contribution in [3.05, 3.63) is 68.5 Å². The maximum absolute atomic E-state index is 10.8. The van der Waals surface area contributed by atoms with Crippen molar-refractivity contribution in [2.24, 2.45) is 10.1 Å². The average molecular weight is 428 g/mol. The quantitative estimate of drug-likeness (QED) is 0.233. The molecule has 2 aromatic heterocycles. The van der Waals surface area contributed by atoms with Crippen LogP contribution in [-0.4, -0.2) is 36.6 Å². The van der Waals surface area contributed by atoms with Gasteiger partial charge in [0.1, 0.15) is 16.4 Å². The predicted molar refractivity (Wildman–Crippen MR) is 114 cm³/mol. The second-order valence-corrected chi connectivity index (χ2v) is 7.07. The van der Waals surface area contributed by atoms with Gasteiger partial charge in [0.2, 0.25) is 4.80 Å². The van der Waals surface area contributed by atoms with Crippen molar-refractivity contribution in [3.63, 3.8) is 0 Å². The maximum atomic E-state index is 10.8. The fourth-order valence-corrected chi connectivity index (χ4v) is 3.37. The highest BCUT2D eigenvalue weighted by Crippen LogP contribution is 2.33. The van der Waals surface area contributed by atoms with Crippen molar-refractivity contribution < 1.29 is 18.8 Å². The van der Waals surface area contributed by atoms with Gasteiger partial charge in [-0.05, 0) is 31.2 Å². The number of thiazole rings is 1. The largest absolute Gasteiger partial charge is 0.497 e. The average Bonchev–Trinajstić information content (AvgIpc) is 3.37. The second-order valence-electron chi connectivity index (χ2n) is 6.23. The van der Waals surface area contributed by atoms with Crippen molar-refractivity contribution in [2.45, 2.75) is 6.92 Å². The summed E-state index contributed by atoms with van der Waals surface area (Å²) in [4.78, 5) is 15.4. The third-order valence-corrected chi connectivity index (χ3v) is 4.80. The Hall–Kier alpha value is -3.66. The van der Waals surface area contributed by atoms with Gasteiger partial charge in [-0.2, -0.15) is 5.10 Å². The number of furan rings is 1. The van der Waals surface area contributed by atoms with Crippen LogP contribution in [0.25, 0.3) is 11.3 Å². The highest BCUT2D eigenvalue weighted by atomic mass is 32.1. The summed E-state index contributed by atoms with van der Waals surface area (Å²) in [5.41, 5.74) is 2.38. The van der Waals surface area contributed by atoms with E-state index in [1.54, 1.807) is 31.0 Å². The highest BCUT2D eigenvalue weighted by molar-refractivity contribution is 7.07. The van der Waals surface area contributed by atoms with Crippen molar-refractivity contribution in [3.8, 4) is 22.8 Å². The topological polar surface area (TPSA) is 104 Å². The Labute approximate surface area is 176 Å². The number of nitrogens with zero attached hydrogens (tertiary/aromatic N) is 4. The van der Waals surface area contributed by atoms with Gasteiger partial charge in [-0.25, -0.2) is 4.68 Å². The molecule has 0 fully saturated rings. The Balaban J connectivity index is 2.13. The van der Waals surface area contributed by atoms with Gasteiger partial charge in [0.15, 0.2) is 5.76 Å². The monoisotopic (exact) mass is 428 g/mol. The van der Waals surface area contributed by atoms with Crippen LogP contribution in [0.15, 0.2) is 62.4 Å². The number of nitro groups is 1. The van der Waals surface area contributed by atoms with Gasteiger partial charge < -0.3 is 13.9 Å². The molecule has 9 nitrogen and oxygen atoms in total. The third kappa shape index (κ3) is 4.66. The van der Waals surface area contributed by atoms with Gasteiger partial charge >= 0.3 is 5.88 Å². The Morgan fingerprint density at radius 2 is 2.13 bits per heavy atom. The molecule has 0 aliphatic rings. The summed E-state index contributed by atoms with van der Waals surface area (Å²) in [5.74, 6) is 1.19. The van der Waals surface area contributed by atoms with Gasteiger partial charge in [0.25, 0.3) is 0 Å². The summed E-state index contributed by atoms with van der Waals surface area (Å²) in [6.45, 7) is 6.20. The molecular weight excluding hydrogens is 408 g/mol. The molecule has 1 aromatic carbocycles. The fraction of sp³-hybridized carbons (Fsp3) is 0.200. The van der Waals surface area contributed by atoms with E-state index in [4.69, 9.17) is 13.9 Å². The Morgan fingerprint density at radius 1 is 1.33 bits per heavy atom. The summed E-state index contributed by atoms with van der Waals surface area (Å²) in [6, 6.07) is 8.20. The normalized spacial score (nSPS) is 11.8. The summed E-state index contributed by atoms with van der Waals surface area (Å²) < 4.78 is 17.6. The molecule has 2 heterocycles. The van der Waals surface area contributed by atoms with E-state index in [2.05, 4.69) is 16.7 Å². The highest BCUT2D eigenvalue weighted by Gasteiger charge is 2.15. The molecule has 0 atom stereocenters. The summed E-state index contributed by atoms with van der Waals surface area (Å²) in [7, 11) is 3.17. The molecule has 0 saturated heterocycles. The second kappa shape index (κ2) is 9.23. The Morgan fingerprint density at radius 3 is 2.77 bits per heavy atom. The number of rotatable bonds is 8. The lowest BCUT2D eigenvalue weighted by Crippen LogP contribution is -2.13.